The van der Waals surface area contributed by atoms with E-state index in [-0.39, 0.29) is 12.4 Å². The Morgan fingerprint density at radius 2 is 2.05 bits per heavy atom. The predicted octanol–water partition coefficient (Wildman–Crippen LogP) is 4.03. The van der Waals surface area contributed by atoms with Gasteiger partial charge in [-0.25, -0.2) is 0 Å². The molecule has 0 saturated heterocycles. The second-order valence-electron chi connectivity index (χ2n) is 5.88. The van der Waals surface area contributed by atoms with Gasteiger partial charge in [-0.2, -0.15) is 4.98 Å². The molecule has 1 unspecified atom stereocenters. The van der Waals surface area contributed by atoms with Gasteiger partial charge < -0.3 is 9.84 Å². The van der Waals surface area contributed by atoms with E-state index in [1.165, 1.54) is 49.0 Å². The molecular weight excluding hydrogens is 318 g/mol. The van der Waals surface area contributed by atoms with Crippen LogP contribution in [0.3, 0.4) is 0 Å². The Bertz CT molecular complexity index is 570. The van der Waals surface area contributed by atoms with Gasteiger partial charge in [-0.05, 0) is 51.3 Å². The predicted molar refractivity (Wildman–Crippen MR) is 93.0 cm³/mol. The lowest BCUT2D eigenvalue weighted by Gasteiger charge is -2.07. The molecule has 0 amide bonds. The van der Waals surface area contributed by atoms with Crippen LogP contribution in [-0.4, -0.2) is 23.2 Å². The average Bonchev–Trinajstić information content (AvgIpc) is 3.06. The first-order chi connectivity index (χ1) is 10.3. The Morgan fingerprint density at radius 3 is 2.82 bits per heavy atom. The second kappa shape index (κ2) is 8.09. The summed E-state index contributed by atoms with van der Waals surface area (Å²) < 4.78 is 5.46. The number of hydrogen-bond donors (Lipinski definition) is 1. The minimum atomic E-state index is 0. The molecule has 0 aromatic carbocycles. The molecule has 0 radical (unpaired) electrons. The summed E-state index contributed by atoms with van der Waals surface area (Å²) in [7, 11) is 1.95. The van der Waals surface area contributed by atoms with Gasteiger partial charge in [-0.3, -0.25) is 0 Å². The lowest BCUT2D eigenvalue weighted by atomic mass is 10.00. The van der Waals surface area contributed by atoms with Crippen molar-refractivity contribution in [2.24, 2.45) is 0 Å². The van der Waals surface area contributed by atoms with Gasteiger partial charge in [0, 0.05) is 17.3 Å². The van der Waals surface area contributed by atoms with Crippen molar-refractivity contribution in [2.75, 3.05) is 7.05 Å². The summed E-state index contributed by atoms with van der Waals surface area (Å²) in [4.78, 5) is 7.21. The molecule has 122 valence electrons. The summed E-state index contributed by atoms with van der Waals surface area (Å²) in [6.45, 7) is 2.12. The number of likely N-dealkylation sites (N-methyl/N-ethyl adjacent to an activating group) is 1. The molecular formula is C16H24ClN3OS. The highest BCUT2D eigenvalue weighted by molar-refractivity contribution is 7.15. The van der Waals surface area contributed by atoms with Crippen LogP contribution in [0.4, 0.5) is 0 Å². The zero-order valence-electron chi connectivity index (χ0n) is 13.2. The normalized spacial score (nSPS) is 16.3. The van der Waals surface area contributed by atoms with E-state index < -0.39 is 0 Å². The van der Waals surface area contributed by atoms with E-state index in [0.717, 1.165) is 17.1 Å². The standard InChI is InChI=1S/C16H23N3OS.ClH/c1-11(17-2)9-15-18-16(20-19-15)14-10-12-7-5-3-4-6-8-13(12)21-14;/h10-11,17H,3-9H2,1-2H3;1H. The number of aromatic nitrogens is 2. The van der Waals surface area contributed by atoms with E-state index in [1.54, 1.807) is 0 Å². The molecule has 1 atom stereocenters. The molecule has 0 bridgehead atoms. The Labute approximate surface area is 142 Å². The third kappa shape index (κ3) is 4.09. The number of aryl methyl sites for hydroxylation is 2. The highest BCUT2D eigenvalue weighted by Crippen LogP contribution is 2.34. The monoisotopic (exact) mass is 341 g/mol. The van der Waals surface area contributed by atoms with Crippen LogP contribution < -0.4 is 5.32 Å². The van der Waals surface area contributed by atoms with E-state index >= 15 is 0 Å². The maximum absolute atomic E-state index is 5.46. The maximum atomic E-state index is 5.46. The van der Waals surface area contributed by atoms with E-state index in [2.05, 4.69) is 28.4 Å². The molecule has 2 aromatic rings. The fourth-order valence-corrected chi connectivity index (χ4v) is 3.94. The lowest BCUT2D eigenvalue weighted by molar-refractivity contribution is 0.419. The van der Waals surface area contributed by atoms with Gasteiger partial charge in [0.15, 0.2) is 5.82 Å². The SMILES string of the molecule is CNC(C)Cc1noc(-c2cc3c(s2)CCCCCC3)n1.Cl. The first kappa shape index (κ1) is 17.4. The first-order valence-electron chi connectivity index (χ1n) is 7.88. The van der Waals surface area contributed by atoms with Gasteiger partial charge in [0.2, 0.25) is 0 Å². The Balaban J connectivity index is 0.00000176. The van der Waals surface area contributed by atoms with Gasteiger partial charge in [-0.1, -0.05) is 18.0 Å². The van der Waals surface area contributed by atoms with E-state index in [0.29, 0.717) is 11.9 Å². The van der Waals surface area contributed by atoms with Crippen molar-refractivity contribution in [1.82, 2.24) is 15.5 Å². The highest BCUT2D eigenvalue weighted by atomic mass is 35.5. The smallest absolute Gasteiger partial charge is 0.268 e. The van der Waals surface area contributed by atoms with E-state index in [9.17, 15) is 0 Å². The molecule has 1 aliphatic rings. The quantitative estimate of drug-likeness (QED) is 0.912. The minimum Gasteiger partial charge on any atom is -0.333 e. The fraction of sp³-hybridized carbons (Fsp3) is 0.625. The molecule has 0 fully saturated rings. The third-order valence-electron chi connectivity index (χ3n) is 4.16. The number of halogens is 1. The van der Waals surface area contributed by atoms with Crippen molar-refractivity contribution >= 4 is 23.7 Å². The number of rotatable bonds is 4. The van der Waals surface area contributed by atoms with Crippen molar-refractivity contribution in [1.29, 1.82) is 0 Å². The van der Waals surface area contributed by atoms with Crippen LogP contribution in [0.25, 0.3) is 10.8 Å². The van der Waals surface area contributed by atoms with Gasteiger partial charge in [0.1, 0.15) is 0 Å². The van der Waals surface area contributed by atoms with Crippen LogP contribution in [0, 0.1) is 0 Å². The molecule has 1 aliphatic carbocycles. The van der Waals surface area contributed by atoms with Gasteiger partial charge in [-0.15, -0.1) is 23.7 Å². The largest absolute Gasteiger partial charge is 0.333 e. The Hall–Kier alpha value is -0.910. The molecule has 2 heterocycles. The van der Waals surface area contributed by atoms with Crippen molar-refractivity contribution in [3.05, 3.63) is 22.3 Å². The molecule has 1 N–H and O–H groups in total. The summed E-state index contributed by atoms with van der Waals surface area (Å²) in [5.41, 5.74) is 1.50. The summed E-state index contributed by atoms with van der Waals surface area (Å²) in [6, 6.07) is 2.63. The zero-order chi connectivity index (χ0) is 14.7. The summed E-state index contributed by atoms with van der Waals surface area (Å²) in [5.74, 6) is 1.47. The summed E-state index contributed by atoms with van der Waals surface area (Å²) in [6.07, 6.45) is 8.53. The van der Waals surface area contributed by atoms with E-state index in [4.69, 9.17) is 4.52 Å². The van der Waals surface area contributed by atoms with Crippen LogP contribution in [-0.2, 0) is 19.3 Å². The fourth-order valence-electron chi connectivity index (χ4n) is 2.76. The number of thiophene rings is 1. The van der Waals surface area contributed by atoms with Crippen LogP contribution in [0.5, 0.6) is 0 Å². The average molecular weight is 342 g/mol. The summed E-state index contributed by atoms with van der Waals surface area (Å²) in [5, 5.41) is 7.30. The summed E-state index contributed by atoms with van der Waals surface area (Å²) >= 11 is 1.84. The second-order valence-corrected chi connectivity index (χ2v) is 7.02. The topological polar surface area (TPSA) is 51.0 Å². The molecule has 0 spiro atoms. The number of fused-ring (bicyclic) bond motifs is 1. The third-order valence-corrected chi connectivity index (χ3v) is 5.38. The molecule has 6 heteroatoms. The van der Waals surface area contributed by atoms with E-state index in [1.807, 2.05) is 18.4 Å². The first-order valence-corrected chi connectivity index (χ1v) is 8.69. The molecule has 3 rings (SSSR count). The zero-order valence-corrected chi connectivity index (χ0v) is 14.9. The van der Waals surface area contributed by atoms with Crippen LogP contribution >= 0.6 is 23.7 Å². The molecule has 4 nitrogen and oxygen atoms in total. The molecule has 22 heavy (non-hydrogen) atoms. The highest BCUT2D eigenvalue weighted by Gasteiger charge is 2.17. The minimum absolute atomic E-state index is 0. The van der Waals surface area contributed by atoms with Crippen molar-refractivity contribution in [2.45, 2.75) is 57.9 Å². The van der Waals surface area contributed by atoms with Crippen molar-refractivity contribution in [3.8, 4) is 10.8 Å². The molecule has 0 aliphatic heterocycles. The molecule has 2 aromatic heterocycles. The van der Waals surface area contributed by atoms with Crippen LogP contribution in [0.15, 0.2) is 10.6 Å². The molecule has 0 saturated carbocycles. The lowest BCUT2D eigenvalue weighted by Crippen LogP contribution is -2.24. The number of nitrogens with zero attached hydrogens (tertiary/aromatic N) is 2. The maximum Gasteiger partial charge on any atom is 0.268 e. The van der Waals surface area contributed by atoms with Crippen molar-refractivity contribution in [3.63, 3.8) is 0 Å². The number of hydrogen-bond acceptors (Lipinski definition) is 5. The van der Waals surface area contributed by atoms with Crippen LogP contribution in [0.2, 0.25) is 0 Å². The Morgan fingerprint density at radius 1 is 1.27 bits per heavy atom. The van der Waals surface area contributed by atoms with Crippen molar-refractivity contribution < 1.29 is 4.52 Å². The van der Waals surface area contributed by atoms with Gasteiger partial charge in [0.05, 0.1) is 4.88 Å². The van der Waals surface area contributed by atoms with Crippen LogP contribution in [0.1, 0.15) is 48.9 Å². The van der Waals surface area contributed by atoms with Gasteiger partial charge in [0.25, 0.3) is 5.89 Å². The van der Waals surface area contributed by atoms with Gasteiger partial charge >= 0.3 is 0 Å². The Kier molecular flexibility index (Phi) is 6.41. The number of nitrogens with one attached hydrogen (secondary N) is 1.